The zero-order valence-corrected chi connectivity index (χ0v) is 11.9. The second-order valence-corrected chi connectivity index (χ2v) is 5.47. The normalized spacial score (nSPS) is 10.4. The Morgan fingerprint density at radius 2 is 2.17 bits per heavy atom. The van der Waals surface area contributed by atoms with Crippen molar-refractivity contribution in [1.82, 2.24) is 4.98 Å². The van der Waals surface area contributed by atoms with Crippen LogP contribution in [0.25, 0.3) is 0 Å². The van der Waals surface area contributed by atoms with Crippen LogP contribution in [0.2, 0.25) is 10.0 Å². The molecule has 2 rings (SSSR count). The second-order valence-electron chi connectivity index (χ2n) is 3.71. The lowest BCUT2D eigenvalue weighted by Crippen LogP contribution is -2.14. The molecule has 0 aliphatic rings. The van der Waals surface area contributed by atoms with Crippen LogP contribution < -0.4 is 5.32 Å². The maximum Gasteiger partial charge on any atom is 0.229 e. The quantitative estimate of drug-likeness (QED) is 0.933. The predicted octanol–water partition coefficient (Wildman–Crippen LogP) is 3.94. The van der Waals surface area contributed by atoms with Crippen molar-refractivity contribution < 1.29 is 4.79 Å². The van der Waals surface area contributed by atoms with Crippen LogP contribution in [0.5, 0.6) is 0 Å². The molecule has 1 aromatic carbocycles. The molecule has 0 saturated carbocycles. The number of halogens is 2. The first-order valence-electron chi connectivity index (χ1n) is 5.20. The van der Waals surface area contributed by atoms with Crippen molar-refractivity contribution in [2.45, 2.75) is 13.3 Å². The van der Waals surface area contributed by atoms with E-state index in [1.807, 2.05) is 6.92 Å². The molecular weight excluding hydrogens is 291 g/mol. The lowest BCUT2D eigenvalue weighted by Gasteiger charge is -2.05. The molecule has 3 nitrogen and oxygen atoms in total. The number of nitrogens with one attached hydrogen (secondary N) is 1. The molecule has 0 spiro atoms. The first-order valence-corrected chi connectivity index (χ1v) is 6.83. The van der Waals surface area contributed by atoms with E-state index in [1.54, 1.807) is 23.7 Å². The molecule has 0 aliphatic heterocycles. The van der Waals surface area contributed by atoms with E-state index >= 15 is 0 Å². The van der Waals surface area contributed by atoms with E-state index in [4.69, 9.17) is 23.2 Å². The van der Waals surface area contributed by atoms with E-state index in [-0.39, 0.29) is 5.91 Å². The first kappa shape index (κ1) is 13.3. The zero-order chi connectivity index (χ0) is 13.1. The summed E-state index contributed by atoms with van der Waals surface area (Å²) in [6.07, 6.45) is 0.316. The van der Waals surface area contributed by atoms with Gasteiger partial charge in [0.15, 0.2) is 0 Å². The summed E-state index contributed by atoms with van der Waals surface area (Å²) in [6.45, 7) is 1.89. The Balaban J connectivity index is 2.03. The number of thiazole rings is 1. The third kappa shape index (κ3) is 3.22. The van der Waals surface area contributed by atoms with Crippen molar-refractivity contribution in [1.29, 1.82) is 0 Å². The molecule has 0 atom stereocenters. The van der Waals surface area contributed by atoms with Gasteiger partial charge < -0.3 is 5.32 Å². The summed E-state index contributed by atoms with van der Waals surface area (Å²) < 4.78 is 0. The van der Waals surface area contributed by atoms with Gasteiger partial charge in [0.25, 0.3) is 0 Å². The summed E-state index contributed by atoms with van der Waals surface area (Å²) >= 11 is 13.2. The number of aromatic nitrogens is 1. The monoisotopic (exact) mass is 300 g/mol. The van der Waals surface area contributed by atoms with Crippen LogP contribution in [0, 0.1) is 6.92 Å². The fourth-order valence-corrected chi connectivity index (χ4v) is 2.49. The highest BCUT2D eigenvalue weighted by Gasteiger charge is 2.09. The van der Waals surface area contributed by atoms with Gasteiger partial charge in [-0.3, -0.25) is 4.79 Å². The molecule has 1 amide bonds. The molecule has 1 heterocycles. The number of hydrogen-bond acceptors (Lipinski definition) is 3. The minimum atomic E-state index is -0.0965. The molecule has 0 radical (unpaired) electrons. The summed E-state index contributed by atoms with van der Waals surface area (Å²) in [5.41, 5.74) is 3.26. The summed E-state index contributed by atoms with van der Waals surface area (Å²) in [5.74, 6) is -0.0965. The lowest BCUT2D eigenvalue weighted by atomic mass is 10.2. The van der Waals surface area contributed by atoms with E-state index in [1.165, 1.54) is 11.3 Å². The number of rotatable bonds is 3. The number of benzene rings is 1. The van der Waals surface area contributed by atoms with Gasteiger partial charge in [0.2, 0.25) is 5.91 Å². The molecular formula is C12H10Cl2N2OS. The number of aryl methyl sites for hydroxylation is 1. The van der Waals surface area contributed by atoms with Gasteiger partial charge in [0.05, 0.1) is 27.7 Å². The topological polar surface area (TPSA) is 42.0 Å². The van der Waals surface area contributed by atoms with Gasteiger partial charge in [0, 0.05) is 10.6 Å². The maximum absolute atomic E-state index is 11.8. The second kappa shape index (κ2) is 5.69. The van der Waals surface area contributed by atoms with Crippen molar-refractivity contribution in [3.8, 4) is 0 Å². The Bertz CT molecular complexity index is 583. The number of carbonyl (C=O) groups is 1. The number of carbonyl (C=O) groups excluding carboxylic acids is 1. The smallest absolute Gasteiger partial charge is 0.229 e. The Morgan fingerprint density at radius 3 is 2.78 bits per heavy atom. The van der Waals surface area contributed by atoms with Crippen LogP contribution in [-0.4, -0.2) is 10.9 Å². The van der Waals surface area contributed by atoms with Gasteiger partial charge >= 0.3 is 0 Å². The van der Waals surface area contributed by atoms with Crippen molar-refractivity contribution in [2.24, 2.45) is 0 Å². The Hall–Kier alpha value is -1.10. The van der Waals surface area contributed by atoms with Crippen molar-refractivity contribution in [3.63, 3.8) is 0 Å². The van der Waals surface area contributed by atoms with Crippen LogP contribution in [0.4, 0.5) is 5.69 Å². The molecule has 0 fully saturated rings. The van der Waals surface area contributed by atoms with Crippen molar-refractivity contribution in [2.75, 3.05) is 5.32 Å². The summed E-state index contributed by atoms with van der Waals surface area (Å²) in [5, 5.41) is 3.66. The fourth-order valence-electron chi connectivity index (χ4n) is 1.42. The summed E-state index contributed by atoms with van der Waals surface area (Å²) in [6, 6.07) is 4.99. The zero-order valence-electron chi connectivity index (χ0n) is 9.54. The number of amides is 1. The molecule has 6 heteroatoms. The third-order valence-electron chi connectivity index (χ3n) is 2.37. The largest absolute Gasteiger partial charge is 0.326 e. The highest BCUT2D eigenvalue weighted by atomic mass is 35.5. The van der Waals surface area contributed by atoms with Crippen molar-refractivity contribution in [3.05, 3.63) is 44.3 Å². The predicted molar refractivity (Wildman–Crippen MR) is 75.6 cm³/mol. The van der Waals surface area contributed by atoms with Crippen LogP contribution in [0.1, 0.15) is 10.6 Å². The van der Waals surface area contributed by atoms with Gasteiger partial charge in [-0.15, -0.1) is 11.3 Å². The molecule has 94 valence electrons. The van der Waals surface area contributed by atoms with Crippen LogP contribution in [0.15, 0.2) is 23.7 Å². The van der Waals surface area contributed by atoms with E-state index in [2.05, 4.69) is 10.3 Å². The summed E-state index contributed by atoms with van der Waals surface area (Å²) in [4.78, 5) is 16.9. The molecule has 1 N–H and O–H groups in total. The Kier molecular flexibility index (Phi) is 4.22. The van der Waals surface area contributed by atoms with Crippen LogP contribution in [-0.2, 0) is 11.2 Å². The third-order valence-corrected chi connectivity index (χ3v) is 4.04. The molecule has 0 saturated heterocycles. The number of hydrogen-bond donors (Lipinski definition) is 1. The molecule has 0 bridgehead atoms. The summed E-state index contributed by atoms with van der Waals surface area (Å²) in [7, 11) is 0. The van der Waals surface area contributed by atoms with E-state index in [9.17, 15) is 4.79 Å². The van der Waals surface area contributed by atoms with E-state index in [0.29, 0.717) is 22.2 Å². The van der Waals surface area contributed by atoms with Gasteiger partial charge in [-0.05, 0) is 25.1 Å². The fraction of sp³-hybridized carbons (Fsp3) is 0.167. The molecule has 18 heavy (non-hydrogen) atoms. The minimum absolute atomic E-state index is 0.0965. The Labute approximate surface area is 119 Å². The van der Waals surface area contributed by atoms with Crippen LogP contribution >= 0.6 is 34.5 Å². The SMILES string of the molecule is Cc1ncsc1CC(=O)Nc1ccc(Cl)c(Cl)c1. The average molecular weight is 301 g/mol. The van der Waals surface area contributed by atoms with E-state index in [0.717, 1.165) is 10.6 Å². The molecule has 0 unspecified atom stereocenters. The first-order chi connectivity index (χ1) is 8.56. The molecule has 1 aromatic heterocycles. The van der Waals surface area contributed by atoms with Gasteiger partial charge in [-0.25, -0.2) is 4.98 Å². The van der Waals surface area contributed by atoms with Crippen molar-refractivity contribution >= 4 is 46.1 Å². The number of nitrogens with zero attached hydrogens (tertiary/aromatic N) is 1. The Morgan fingerprint density at radius 1 is 1.39 bits per heavy atom. The maximum atomic E-state index is 11.8. The minimum Gasteiger partial charge on any atom is -0.326 e. The average Bonchev–Trinajstić information content (AvgIpc) is 2.70. The van der Waals surface area contributed by atoms with Crippen LogP contribution in [0.3, 0.4) is 0 Å². The molecule has 2 aromatic rings. The molecule has 0 aliphatic carbocycles. The number of anilines is 1. The van der Waals surface area contributed by atoms with Gasteiger partial charge in [0.1, 0.15) is 0 Å². The standard InChI is InChI=1S/C12H10Cl2N2OS/c1-7-11(18-6-15-7)5-12(17)16-8-2-3-9(13)10(14)4-8/h2-4,6H,5H2,1H3,(H,16,17). The van der Waals surface area contributed by atoms with Gasteiger partial charge in [-0.2, -0.15) is 0 Å². The lowest BCUT2D eigenvalue weighted by molar-refractivity contribution is -0.115. The highest BCUT2D eigenvalue weighted by Crippen LogP contribution is 2.25. The van der Waals surface area contributed by atoms with Gasteiger partial charge in [-0.1, -0.05) is 23.2 Å². The van der Waals surface area contributed by atoms with E-state index < -0.39 is 0 Å². The highest BCUT2D eigenvalue weighted by molar-refractivity contribution is 7.09.